The van der Waals surface area contributed by atoms with E-state index in [9.17, 15) is 4.79 Å². The molecule has 78 valence electrons. The first-order chi connectivity index (χ1) is 6.63. The molecule has 1 fully saturated rings. The molecule has 0 aromatic heterocycles. The summed E-state index contributed by atoms with van der Waals surface area (Å²) in [6, 6.07) is 0. The van der Waals surface area contributed by atoms with Gasteiger partial charge in [0.2, 0.25) is 5.91 Å². The first-order valence-electron chi connectivity index (χ1n) is 4.91. The van der Waals surface area contributed by atoms with E-state index in [4.69, 9.17) is 0 Å². The molecule has 0 bridgehead atoms. The first-order valence-corrected chi connectivity index (χ1v) is 4.91. The van der Waals surface area contributed by atoms with Gasteiger partial charge in [0.05, 0.1) is 0 Å². The highest BCUT2D eigenvalue weighted by atomic mass is 16.2. The molecule has 3 heteroatoms. The van der Waals surface area contributed by atoms with Crippen LogP contribution in [0.5, 0.6) is 0 Å². The van der Waals surface area contributed by atoms with E-state index in [2.05, 4.69) is 18.1 Å². The van der Waals surface area contributed by atoms with Crippen LogP contribution < -0.4 is 0 Å². The van der Waals surface area contributed by atoms with E-state index in [1.807, 2.05) is 11.8 Å². The zero-order valence-corrected chi connectivity index (χ0v) is 8.83. The molecule has 0 aliphatic carbocycles. The molecule has 0 spiro atoms. The Kier molecular flexibility index (Phi) is 3.89. The van der Waals surface area contributed by atoms with Crippen LogP contribution >= 0.6 is 0 Å². The molecule has 1 heterocycles. The summed E-state index contributed by atoms with van der Waals surface area (Å²) in [5.41, 5.74) is 1.17. The van der Waals surface area contributed by atoms with Crippen molar-refractivity contribution in [3.8, 4) is 0 Å². The molecule has 1 aliphatic rings. The minimum Gasteiger partial charge on any atom is -0.337 e. The molecule has 3 nitrogen and oxygen atoms in total. The molecule has 0 radical (unpaired) electrons. The van der Waals surface area contributed by atoms with Crippen LogP contribution in [0.4, 0.5) is 0 Å². The standard InChI is InChI=1S/C11H18N2O/c1-4-11(14)13-7-5-12(6-8-13)9-10(2)3/h4H,1-2,5-9H2,3H3. The molecule has 0 N–H and O–H groups in total. The highest BCUT2D eigenvalue weighted by molar-refractivity contribution is 5.87. The van der Waals surface area contributed by atoms with Crippen molar-refractivity contribution in [2.45, 2.75) is 6.92 Å². The quantitative estimate of drug-likeness (QED) is 0.492. The Morgan fingerprint density at radius 1 is 1.36 bits per heavy atom. The SMILES string of the molecule is C=CC(=O)N1CCN(CC(=C)C)CC1. The van der Waals surface area contributed by atoms with Crippen LogP contribution in [0, 0.1) is 0 Å². The molecule has 0 unspecified atom stereocenters. The lowest BCUT2D eigenvalue weighted by Gasteiger charge is -2.34. The lowest BCUT2D eigenvalue weighted by molar-refractivity contribution is -0.127. The Labute approximate surface area is 85.7 Å². The molecular formula is C11H18N2O. The molecule has 14 heavy (non-hydrogen) atoms. The predicted molar refractivity (Wildman–Crippen MR) is 58.0 cm³/mol. The Morgan fingerprint density at radius 2 is 1.93 bits per heavy atom. The van der Waals surface area contributed by atoms with Crippen LogP contribution in [0.2, 0.25) is 0 Å². The minimum atomic E-state index is 0.0416. The molecule has 1 aliphatic heterocycles. The molecule has 0 atom stereocenters. The predicted octanol–water partition coefficient (Wildman–Crippen LogP) is 0.893. The highest BCUT2D eigenvalue weighted by Crippen LogP contribution is 2.04. The first kappa shape index (κ1) is 11.0. The normalized spacial score (nSPS) is 17.9. The second kappa shape index (κ2) is 4.96. The van der Waals surface area contributed by atoms with Gasteiger partial charge in [-0.1, -0.05) is 18.7 Å². The molecule has 1 saturated heterocycles. The van der Waals surface area contributed by atoms with Crippen molar-refractivity contribution in [2.75, 3.05) is 32.7 Å². The van der Waals surface area contributed by atoms with E-state index >= 15 is 0 Å². The fourth-order valence-electron chi connectivity index (χ4n) is 1.64. The third kappa shape index (κ3) is 3.00. The van der Waals surface area contributed by atoms with Gasteiger partial charge in [0.1, 0.15) is 0 Å². The summed E-state index contributed by atoms with van der Waals surface area (Å²) in [6.45, 7) is 13.8. The fourth-order valence-corrected chi connectivity index (χ4v) is 1.64. The summed E-state index contributed by atoms with van der Waals surface area (Å²) < 4.78 is 0. The largest absolute Gasteiger partial charge is 0.337 e. The van der Waals surface area contributed by atoms with Crippen molar-refractivity contribution >= 4 is 5.91 Å². The van der Waals surface area contributed by atoms with Crippen molar-refractivity contribution in [1.29, 1.82) is 0 Å². The number of amides is 1. The summed E-state index contributed by atoms with van der Waals surface area (Å²) in [4.78, 5) is 15.4. The maximum Gasteiger partial charge on any atom is 0.246 e. The summed E-state index contributed by atoms with van der Waals surface area (Å²) in [7, 11) is 0. The Hall–Kier alpha value is -1.09. The number of carbonyl (C=O) groups excluding carboxylic acids is 1. The van der Waals surface area contributed by atoms with Crippen molar-refractivity contribution < 1.29 is 4.79 Å². The third-order valence-corrected chi connectivity index (χ3v) is 2.35. The second-order valence-electron chi connectivity index (χ2n) is 3.76. The van der Waals surface area contributed by atoms with E-state index < -0.39 is 0 Å². The van der Waals surface area contributed by atoms with E-state index in [0.717, 1.165) is 32.7 Å². The lowest BCUT2D eigenvalue weighted by Crippen LogP contribution is -2.48. The average molecular weight is 194 g/mol. The minimum absolute atomic E-state index is 0.0416. The van der Waals surface area contributed by atoms with Gasteiger partial charge in [0.25, 0.3) is 0 Å². The van der Waals surface area contributed by atoms with Gasteiger partial charge in [-0.15, -0.1) is 0 Å². The summed E-state index contributed by atoms with van der Waals surface area (Å²) in [5.74, 6) is 0.0416. The van der Waals surface area contributed by atoms with Gasteiger partial charge in [-0.3, -0.25) is 9.69 Å². The highest BCUT2D eigenvalue weighted by Gasteiger charge is 2.18. The van der Waals surface area contributed by atoms with Crippen LogP contribution in [0.3, 0.4) is 0 Å². The van der Waals surface area contributed by atoms with E-state index in [1.165, 1.54) is 11.6 Å². The summed E-state index contributed by atoms with van der Waals surface area (Å²) in [6.07, 6.45) is 1.38. The number of nitrogens with zero attached hydrogens (tertiary/aromatic N) is 2. The van der Waals surface area contributed by atoms with Crippen LogP contribution in [0.15, 0.2) is 24.8 Å². The Bertz CT molecular complexity index is 240. The van der Waals surface area contributed by atoms with Gasteiger partial charge in [0.15, 0.2) is 0 Å². The number of rotatable bonds is 3. The van der Waals surface area contributed by atoms with Crippen LogP contribution in [0.25, 0.3) is 0 Å². The van der Waals surface area contributed by atoms with Gasteiger partial charge >= 0.3 is 0 Å². The maximum atomic E-state index is 11.3. The Balaban J connectivity index is 2.34. The molecule has 0 aromatic rings. The second-order valence-corrected chi connectivity index (χ2v) is 3.76. The summed E-state index contributed by atoms with van der Waals surface area (Å²) >= 11 is 0. The third-order valence-electron chi connectivity index (χ3n) is 2.35. The van der Waals surface area contributed by atoms with Crippen LogP contribution in [0.1, 0.15) is 6.92 Å². The molecule has 1 amide bonds. The van der Waals surface area contributed by atoms with E-state index in [1.54, 1.807) is 0 Å². The zero-order valence-electron chi connectivity index (χ0n) is 8.83. The molecule has 0 aromatic carbocycles. The monoisotopic (exact) mass is 194 g/mol. The van der Waals surface area contributed by atoms with Crippen LogP contribution in [-0.2, 0) is 4.79 Å². The van der Waals surface area contributed by atoms with Gasteiger partial charge in [-0.25, -0.2) is 0 Å². The molecule has 0 saturated carbocycles. The average Bonchev–Trinajstić information content (AvgIpc) is 2.17. The summed E-state index contributed by atoms with van der Waals surface area (Å²) in [5, 5.41) is 0. The van der Waals surface area contributed by atoms with Crippen molar-refractivity contribution in [1.82, 2.24) is 9.80 Å². The van der Waals surface area contributed by atoms with Crippen molar-refractivity contribution in [3.63, 3.8) is 0 Å². The van der Waals surface area contributed by atoms with Gasteiger partial charge in [-0.05, 0) is 13.0 Å². The topological polar surface area (TPSA) is 23.6 Å². The lowest BCUT2D eigenvalue weighted by atomic mass is 10.2. The van der Waals surface area contributed by atoms with Gasteiger partial charge in [-0.2, -0.15) is 0 Å². The van der Waals surface area contributed by atoms with Gasteiger partial charge in [0, 0.05) is 32.7 Å². The van der Waals surface area contributed by atoms with Crippen molar-refractivity contribution in [3.05, 3.63) is 24.8 Å². The molecule has 1 rings (SSSR count). The van der Waals surface area contributed by atoms with E-state index in [-0.39, 0.29) is 5.91 Å². The number of carbonyl (C=O) groups is 1. The van der Waals surface area contributed by atoms with Crippen molar-refractivity contribution in [2.24, 2.45) is 0 Å². The Morgan fingerprint density at radius 3 is 2.36 bits per heavy atom. The molecular weight excluding hydrogens is 176 g/mol. The van der Waals surface area contributed by atoms with E-state index in [0.29, 0.717) is 0 Å². The van der Waals surface area contributed by atoms with Crippen LogP contribution in [-0.4, -0.2) is 48.4 Å². The fraction of sp³-hybridized carbons (Fsp3) is 0.545. The maximum absolute atomic E-state index is 11.3. The zero-order chi connectivity index (χ0) is 10.6. The van der Waals surface area contributed by atoms with Gasteiger partial charge < -0.3 is 4.90 Å². The smallest absolute Gasteiger partial charge is 0.246 e. The number of piperazine rings is 1. The number of hydrogen-bond acceptors (Lipinski definition) is 2. The number of hydrogen-bond donors (Lipinski definition) is 0.